The van der Waals surface area contributed by atoms with Crippen LogP contribution in [-0.4, -0.2) is 48.0 Å². The Bertz CT molecular complexity index is 1130. The van der Waals surface area contributed by atoms with E-state index in [4.69, 9.17) is 4.98 Å². The second-order valence-corrected chi connectivity index (χ2v) is 10.1. The maximum Gasteiger partial charge on any atom is 0.0809 e. The predicted octanol–water partition coefficient (Wildman–Crippen LogP) is 5.67. The second-order valence-electron chi connectivity index (χ2n) is 8.91. The second kappa shape index (κ2) is 9.16. The maximum absolute atomic E-state index is 4.71. The van der Waals surface area contributed by atoms with Crippen molar-refractivity contribution in [2.75, 3.05) is 42.5 Å². The van der Waals surface area contributed by atoms with Crippen molar-refractivity contribution in [2.45, 2.75) is 32.6 Å². The molecule has 3 heterocycles. The van der Waals surface area contributed by atoms with Crippen LogP contribution in [0.1, 0.15) is 25.1 Å². The van der Waals surface area contributed by atoms with Crippen molar-refractivity contribution in [3.8, 4) is 0 Å². The van der Waals surface area contributed by atoms with Gasteiger partial charge in [-0.05, 0) is 74.6 Å². The first-order valence-corrected chi connectivity index (χ1v) is 12.6. The van der Waals surface area contributed by atoms with Gasteiger partial charge >= 0.3 is 0 Å². The van der Waals surface area contributed by atoms with Crippen molar-refractivity contribution in [2.24, 2.45) is 0 Å². The summed E-state index contributed by atoms with van der Waals surface area (Å²) in [5.74, 6) is 0. The number of hydrogen-bond donors (Lipinski definition) is 0. The third kappa shape index (κ3) is 4.37. The van der Waals surface area contributed by atoms with E-state index < -0.39 is 0 Å². The summed E-state index contributed by atoms with van der Waals surface area (Å²) in [6.45, 7) is 12.0. The van der Waals surface area contributed by atoms with Gasteiger partial charge in [0, 0.05) is 60.9 Å². The molecular weight excluding hydrogens is 412 g/mol. The Kier molecular flexibility index (Phi) is 6.11. The number of hydrogen-bond acceptors (Lipinski definition) is 5. The van der Waals surface area contributed by atoms with Crippen molar-refractivity contribution >= 4 is 34.0 Å². The average molecular weight is 445 g/mol. The van der Waals surface area contributed by atoms with E-state index in [2.05, 4.69) is 95.5 Å². The van der Waals surface area contributed by atoms with E-state index in [1.807, 2.05) is 11.8 Å². The molecule has 0 aliphatic carbocycles. The molecule has 0 bridgehead atoms. The Morgan fingerprint density at radius 1 is 0.969 bits per heavy atom. The number of pyridine rings is 1. The molecule has 4 nitrogen and oxygen atoms in total. The first-order valence-electron chi connectivity index (χ1n) is 11.6. The summed E-state index contributed by atoms with van der Waals surface area (Å²) in [4.78, 5) is 12.3. The zero-order valence-electron chi connectivity index (χ0n) is 19.3. The Hall–Kier alpha value is -2.50. The van der Waals surface area contributed by atoms with Crippen LogP contribution in [0.25, 0.3) is 10.9 Å². The number of nitrogens with zero attached hydrogens (tertiary/aromatic N) is 4. The van der Waals surface area contributed by atoms with Crippen LogP contribution >= 0.6 is 11.8 Å². The Balaban J connectivity index is 1.20. The number of aromatic nitrogens is 1. The van der Waals surface area contributed by atoms with Gasteiger partial charge in [0.2, 0.25) is 0 Å². The summed E-state index contributed by atoms with van der Waals surface area (Å²) in [6, 6.07) is 19.9. The summed E-state index contributed by atoms with van der Waals surface area (Å²) in [7, 11) is 0. The minimum Gasteiger partial charge on any atom is -0.368 e. The van der Waals surface area contributed by atoms with Crippen LogP contribution in [0.4, 0.5) is 11.4 Å². The van der Waals surface area contributed by atoms with E-state index >= 15 is 0 Å². The van der Waals surface area contributed by atoms with Gasteiger partial charge < -0.3 is 9.80 Å². The van der Waals surface area contributed by atoms with Gasteiger partial charge in [-0.25, -0.2) is 0 Å². The number of piperazine rings is 1. The largest absolute Gasteiger partial charge is 0.368 e. The van der Waals surface area contributed by atoms with Gasteiger partial charge in [0.25, 0.3) is 0 Å². The average Bonchev–Trinajstić information content (AvgIpc) is 3.15. The van der Waals surface area contributed by atoms with Crippen LogP contribution in [0, 0.1) is 6.92 Å². The van der Waals surface area contributed by atoms with Gasteiger partial charge in [0.15, 0.2) is 0 Å². The Labute approximate surface area is 195 Å². The van der Waals surface area contributed by atoms with Crippen LogP contribution < -0.4 is 9.80 Å². The van der Waals surface area contributed by atoms with E-state index in [0.29, 0.717) is 5.37 Å². The lowest BCUT2D eigenvalue weighted by molar-refractivity contribution is 0.261. The van der Waals surface area contributed by atoms with E-state index in [1.165, 1.54) is 28.0 Å². The quantitative estimate of drug-likeness (QED) is 0.504. The normalized spacial score (nSPS) is 19.6. The highest BCUT2D eigenvalue weighted by molar-refractivity contribution is 8.03. The van der Waals surface area contributed by atoms with Crippen LogP contribution in [-0.2, 0) is 6.42 Å². The number of thioether (sulfide) groups is 1. The molecule has 166 valence electrons. The van der Waals surface area contributed by atoms with Crippen molar-refractivity contribution in [3.05, 3.63) is 77.0 Å². The molecule has 0 amide bonds. The highest BCUT2D eigenvalue weighted by atomic mass is 32.2. The number of rotatable bonds is 5. The van der Waals surface area contributed by atoms with Gasteiger partial charge in [-0.15, -0.1) is 11.8 Å². The number of anilines is 2. The third-order valence-corrected chi connectivity index (χ3v) is 7.73. The van der Waals surface area contributed by atoms with Gasteiger partial charge in [-0.3, -0.25) is 9.88 Å². The predicted molar refractivity (Wildman–Crippen MR) is 139 cm³/mol. The number of allylic oxidation sites excluding steroid dienone is 1. The summed E-state index contributed by atoms with van der Waals surface area (Å²) >= 11 is 1.90. The summed E-state index contributed by atoms with van der Waals surface area (Å²) < 4.78 is 0. The number of fused-ring (bicyclic) bond motifs is 1. The lowest BCUT2D eigenvalue weighted by Gasteiger charge is -2.36. The topological polar surface area (TPSA) is 22.6 Å². The smallest absolute Gasteiger partial charge is 0.0809 e. The molecule has 0 radical (unpaired) electrons. The summed E-state index contributed by atoms with van der Waals surface area (Å²) in [6.07, 6.45) is 1.10. The molecule has 1 atom stereocenters. The first-order chi connectivity index (χ1) is 15.6. The van der Waals surface area contributed by atoms with Gasteiger partial charge in [0.1, 0.15) is 0 Å². The zero-order chi connectivity index (χ0) is 22.1. The SMILES string of the molecule is CC1=CSC(C)N1c1cccc(CCN2CCN(c3cccc4nc(C)ccc34)CC2)c1. The highest BCUT2D eigenvalue weighted by Gasteiger charge is 2.22. The molecule has 0 saturated carbocycles. The van der Waals surface area contributed by atoms with E-state index in [1.54, 1.807) is 0 Å². The summed E-state index contributed by atoms with van der Waals surface area (Å²) in [5, 5.41) is 4.01. The first kappa shape index (κ1) is 21.4. The Morgan fingerprint density at radius 3 is 2.56 bits per heavy atom. The third-order valence-electron chi connectivity index (χ3n) is 6.65. The molecule has 32 heavy (non-hydrogen) atoms. The van der Waals surface area contributed by atoms with Crippen molar-refractivity contribution in [1.29, 1.82) is 0 Å². The lowest BCUT2D eigenvalue weighted by atomic mass is 10.1. The van der Waals surface area contributed by atoms with Crippen molar-refractivity contribution in [1.82, 2.24) is 9.88 Å². The Morgan fingerprint density at radius 2 is 1.78 bits per heavy atom. The molecule has 2 aliphatic heterocycles. The fraction of sp³-hybridized carbons (Fsp3) is 0.370. The monoisotopic (exact) mass is 444 g/mol. The van der Waals surface area contributed by atoms with Gasteiger partial charge in [0.05, 0.1) is 10.9 Å². The van der Waals surface area contributed by atoms with Gasteiger partial charge in [-0.2, -0.15) is 0 Å². The molecule has 0 N–H and O–H groups in total. The molecule has 5 rings (SSSR count). The van der Waals surface area contributed by atoms with Crippen LogP contribution in [0.5, 0.6) is 0 Å². The lowest BCUT2D eigenvalue weighted by Crippen LogP contribution is -2.47. The van der Waals surface area contributed by atoms with Crippen LogP contribution in [0.15, 0.2) is 65.7 Å². The standard InChI is InChI=1S/C27H32N4S/c1-20-10-11-25-26(28-20)8-5-9-27(25)30-16-14-29(15-17-30)13-12-23-6-4-7-24(18-23)31-21(2)19-32-22(31)3/h4-11,18-19,22H,12-17H2,1-3H3. The van der Waals surface area contributed by atoms with E-state index in [9.17, 15) is 0 Å². The molecule has 2 aromatic carbocycles. The highest BCUT2D eigenvalue weighted by Crippen LogP contribution is 2.35. The maximum atomic E-state index is 4.71. The zero-order valence-corrected chi connectivity index (χ0v) is 20.1. The van der Waals surface area contributed by atoms with Gasteiger partial charge in [-0.1, -0.05) is 18.2 Å². The van der Waals surface area contributed by atoms with Crippen LogP contribution in [0.2, 0.25) is 0 Å². The van der Waals surface area contributed by atoms with Crippen molar-refractivity contribution < 1.29 is 0 Å². The molecular formula is C27H32N4S. The molecule has 1 fully saturated rings. The fourth-order valence-corrected chi connectivity index (χ4v) is 5.81. The fourth-order valence-electron chi connectivity index (χ4n) is 4.89. The molecule has 1 saturated heterocycles. The molecule has 1 aromatic heterocycles. The molecule has 3 aromatic rings. The molecule has 1 unspecified atom stereocenters. The van der Waals surface area contributed by atoms with Crippen LogP contribution in [0.3, 0.4) is 0 Å². The molecule has 5 heteroatoms. The number of benzene rings is 2. The molecule has 2 aliphatic rings. The minimum atomic E-state index is 0.478. The summed E-state index contributed by atoms with van der Waals surface area (Å²) in [5.41, 5.74) is 7.59. The molecule has 0 spiro atoms. The van der Waals surface area contributed by atoms with E-state index in [0.717, 1.165) is 50.4 Å². The van der Waals surface area contributed by atoms with Crippen molar-refractivity contribution in [3.63, 3.8) is 0 Å². The van der Waals surface area contributed by atoms with E-state index in [-0.39, 0.29) is 0 Å². The number of aryl methyl sites for hydroxylation is 1. The minimum absolute atomic E-state index is 0.478.